The molecular formula is C16H24N2O2. The third kappa shape index (κ3) is 4.44. The predicted octanol–water partition coefficient (Wildman–Crippen LogP) is 3.79. The summed E-state index contributed by atoms with van der Waals surface area (Å²) >= 11 is 0. The number of anilines is 2. The Balaban J connectivity index is 1.71. The van der Waals surface area contributed by atoms with Crippen molar-refractivity contribution in [3.63, 3.8) is 0 Å². The van der Waals surface area contributed by atoms with Gasteiger partial charge >= 0.3 is 0 Å². The number of rotatable bonds is 8. The first-order chi connectivity index (χ1) is 9.79. The van der Waals surface area contributed by atoms with E-state index in [9.17, 15) is 4.79 Å². The number of hydrogen-bond donors (Lipinski definition) is 2. The predicted molar refractivity (Wildman–Crippen MR) is 82.4 cm³/mol. The van der Waals surface area contributed by atoms with E-state index in [1.807, 2.05) is 18.2 Å². The topological polar surface area (TPSA) is 50.4 Å². The summed E-state index contributed by atoms with van der Waals surface area (Å²) in [4.78, 5) is 11.3. The van der Waals surface area contributed by atoms with Crippen molar-refractivity contribution < 1.29 is 9.53 Å². The van der Waals surface area contributed by atoms with E-state index in [0.717, 1.165) is 23.7 Å². The average Bonchev–Trinajstić information content (AvgIpc) is 2.46. The lowest BCUT2D eigenvalue weighted by atomic mass is 10.1. The van der Waals surface area contributed by atoms with Gasteiger partial charge in [-0.05, 0) is 24.6 Å². The summed E-state index contributed by atoms with van der Waals surface area (Å²) in [5.41, 5.74) is 1.79. The minimum atomic E-state index is -0.0921. The van der Waals surface area contributed by atoms with Crippen LogP contribution in [0.25, 0.3) is 0 Å². The van der Waals surface area contributed by atoms with E-state index in [-0.39, 0.29) is 12.5 Å². The van der Waals surface area contributed by atoms with Crippen molar-refractivity contribution in [1.29, 1.82) is 0 Å². The van der Waals surface area contributed by atoms with Gasteiger partial charge in [-0.2, -0.15) is 0 Å². The zero-order valence-electron chi connectivity index (χ0n) is 12.2. The van der Waals surface area contributed by atoms with Crippen LogP contribution in [-0.4, -0.2) is 19.1 Å². The molecule has 110 valence electrons. The summed E-state index contributed by atoms with van der Waals surface area (Å²) in [5.74, 6) is 0.653. The molecule has 1 aliphatic heterocycles. The molecule has 1 aromatic rings. The van der Waals surface area contributed by atoms with Crippen molar-refractivity contribution in [2.75, 3.05) is 23.8 Å². The zero-order chi connectivity index (χ0) is 14.2. The van der Waals surface area contributed by atoms with Crippen LogP contribution in [0.1, 0.15) is 45.4 Å². The molecule has 1 amide bonds. The fourth-order valence-electron chi connectivity index (χ4n) is 2.33. The summed E-state index contributed by atoms with van der Waals surface area (Å²) in [7, 11) is 0. The van der Waals surface area contributed by atoms with Crippen LogP contribution >= 0.6 is 0 Å². The third-order valence-corrected chi connectivity index (χ3v) is 3.47. The van der Waals surface area contributed by atoms with Crippen LogP contribution in [0.5, 0.6) is 5.75 Å². The molecular weight excluding hydrogens is 252 g/mol. The van der Waals surface area contributed by atoms with Crippen molar-refractivity contribution in [1.82, 2.24) is 0 Å². The summed E-state index contributed by atoms with van der Waals surface area (Å²) in [6.45, 7) is 3.32. The van der Waals surface area contributed by atoms with E-state index in [0.29, 0.717) is 0 Å². The van der Waals surface area contributed by atoms with E-state index in [1.165, 1.54) is 38.5 Å². The maximum atomic E-state index is 11.3. The Morgan fingerprint density at radius 3 is 2.85 bits per heavy atom. The van der Waals surface area contributed by atoms with E-state index in [2.05, 4.69) is 17.6 Å². The average molecular weight is 276 g/mol. The summed E-state index contributed by atoms with van der Waals surface area (Å²) < 4.78 is 5.33. The Bertz CT molecular complexity index is 446. The Kier molecular flexibility index (Phi) is 5.71. The molecule has 0 spiro atoms. The molecule has 4 nitrogen and oxygen atoms in total. The highest BCUT2D eigenvalue weighted by molar-refractivity contribution is 5.95. The van der Waals surface area contributed by atoms with Crippen molar-refractivity contribution in [3.05, 3.63) is 18.2 Å². The number of amides is 1. The normalized spacial score (nSPS) is 13.3. The van der Waals surface area contributed by atoms with Crippen molar-refractivity contribution in [2.24, 2.45) is 0 Å². The standard InChI is InChI=1S/C16H24N2O2/c1-2-3-4-5-6-7-10-17-13-8-9-15-14(11-13)18-16(19)12-20-15/h8-9,11,17H,2-7,10,12H2,1H3,(H,18,19). The van der Waals surface area contributed by atoms with Gasteiger partial charge in [-0.3, -0.25) is 4.79 Å². The van der Waals surface area contributed by atoms with Gasteiger partial charge in [0.05, 0.1) is 5.69 Å². The molecule has 0 saturated heterocycles. The lowest BCUT2D eigenvalue weighted by molar-refractivity contribution is -0.118. The number of ether oxygens (including phenoxy) is 1. The number of unbranched alkanes of at least 4 members (excludes halogenated alkanes) is 5. The van der Waals surface area contributed by atoms with Crippen LogP contribution in [0.4, 0.5) is 11.4 Å². The van der Waals surface area contributed by atoms with Gasteiger partial charge in [0.25, 0.3) is 5.91 Å². The molecule has 1 aliphatic rings. The summed E-state index contributed by atoms with van der Waals surface area (Å²) in [6.07, 6.45) is 7.77. The molecule has 0 saturated carbocycles. The first-order valence-electron chi connectivity index (χ1n) is 7.60. The number of nitrogens with one attached hydrogen (secondary N) is 2. The molecule has 2 N–H and O–H groups in total. The fraction of sp³-hybridized carbons (Fsp3) is 0.562. The SMILES string of the molecule is CCCCCCCCNc1ccc2c(c1)NC(=O)CO2. The Morgan fingerprint density at radius 2 is 2.00 bits per heavy atom. The van der Waals surface area contributed by atoms with Crippen molar-refractivity contribution in [2.45, 2.75) is 45.4 Å². The maximum absolute atomic E-state index is 11.3. The Hall–Kier alpha value is -1.71. The van der Waals surface area contributed by atoms with Crippen LogP contribution < -0.4 is 15.4 Å². The van der Waals surface area contributed by atoms with Gasteiger partial charge in [0.1, 0.15) is 5.75 Å². The Morgan fingerprint density at radius 1 is 1.20 bits per heavy atom. The van der Waals surface area contributed by atoms with Gasteiger partial charge < -0.3 is 15.4 Å². The number of carbonyl (C=O) groups excluding carboxylic acids is 1. The van der Waals surface area contributed by atoms with Crippen LogP contribution in [0.2, 0.25) is 0 Å². The lowest BCUT2D eigenvalue weighted by Crippen LogP contribution is -2.25. The molecule has 4 heteroatoms. The monoisotopic (exact) mass is 276 g/mol. The zero-order valence-corrected chi connectivity index (χ0v) is 12.2. The number of carbonyl (C=O) groups is 1. The highest BCUT2D eigenvalue weighted by Crippen LogP contribution is 2.30. The lowest BCUT2D eigenvalue weighted by Gasteiger charge is -2.18. The van der Waals surface area contributed by atoms with Gasteiger partial charge in [-0.25, -0.2) is 0 Å². The largest absolute Gasteiger partial charge is 0.482 e. The van der Waals surface area contributed by atoms with Crippen LogP contribution in [0.15, 0.2) is 18.2 Å². The second-order valence-corrected chi connectivity index (χ2v) is 5.24. The van der Waals surface area contributed by atoms with Crippen LogP contribution in [-0.2, 0) is 4.79 Å². The molecule has 2 rings (SSSR count). The number of fused-ring (bicyclic) bond motifs is 1. The molecule has 0 unspecified atom stereocenters. The first kappa shape index (κ1) is 14.7. The van der Waals surface area contributed by atoms with Crippen molar-refractivity contribution in [3.8, 4) is 5.75 Å². The Labute approximate surface area is 120 Å². The molecule has 20 heavy (non-hydrogen) atoms. The molecule has 0 atom stereocenters. The highest BCUT2D eigenvalue weighted by atomic mass is 16.5. The molecule has 0 aliphatic carbocycles. The second-order valence-electron chi connectivity index (χ2n) is 5.24. The van der Waals surface area contributed by atoms with E-state index < -0.39 is 0 Å². The number of hydrogen-bond acceptors (Lipinski definition) is 3. The maximum Gasteiger partial charge on any atom is 0.262 e. The van der Waals surface area contributed by atoms with Gasteiger partial charge in [0, 0.05) is 12.2 Å². The van der Waals surface area contributed by atoms with Gasteiger partial charge in [0.15, 0.2) is 6.61 Å². The quantitative estimate of drug-likeness (QED) is 0.710. The summed E-state index contributed by atoms with van der Waals surface area (Å²) in [6, 6.07) is 5.83. The van der Waals surface area contributed by atoms with E-state index >= 15 is 0 Å². The second kappa shape index (κ2) is 7.78. The fourth-order valence-corrected chi connectivity index (χ4v) is 2.33. The van der Waals surface area contributed by atoms with Crippen molar-refractivity contribution >= 4 is 17.3 Å². The molecule has 1 heterocycles. The molecule has 1 aromatic carbocycles. The van der Waals surface area contributed by atoms with Crippen LogP contribution in [0, 0.1) is 0 Å². The van der Waals surface area contributed by atoms with Gasteiger partial charge in [-0.15, -0.1) is 0 Å². The first-order valence-corrected chi connectivity index (χ1v) is 7.60. The summed E-state index contributed by atoms with van der Waals surface area (Å²) in [5, 5.41) is 6.21. The molecule has 0 aromatic heterocycles. The van der Waals surface area contributed by atoms with E-state index in [4.69, 9.17) is 4.74 Å². The minimum Gasteiger partial charge on any atom is -0.482 e. The number of benzene rings is 1. The minimum absolute atomic E-state index is 0.0921. The van der Waals surface area contributed by atoms with Gasteiger partial charge in [0.2, 0.25) is 0 Å². The molecule has 0 bridgehead atoms. The third-order valence-electron chi connectivity index (χ3n) is 3.47. The molecule has 0 fully saturated rings. The molecule has 0 radical (unpaired) electrons. The van der Waals surface area contributed by atoms with Crippen LogP contribution in [0.3, 0.4) is 0 Å². The highest BCUT2D eigenvalue weighted by Gasteiger charge is 2.15. The smallest absolute Gasteiger partial charge is 0.262 e. The van der Waals surface area contributed by atoms with Gasteiger partial charge in [-0.1, -0.05) is 39.0 Å². The van der Waals surface area contributed by atoms with E-state index in [1.54, 1.807) is 0 Å².